The molecule has 0 aromatic carbocycles. The molecule has 80 valence electrons. The summed E-state index contributed by atoms with van der Waals surface area (Å²) < 4.78 is 8.34. The van der Waals surface area contributed by atoms with E-state index in [-0.39, 0.29) is 0 Å². The van der Waals surface area contributed by atoms with E-state index in [1.54, 1.807) is 0 Å². The lowest BCUT2D eigenvalue weighted by Crippen LogP contribution is -2.02. The van der Waals surface area contributed by atoms with Crippen LogP contribution in [0, 0.1) is 11.7 Å². The number of imidazole rings is 1. The molecular formula is C11H14N2OS. The Morgan fingerprint density at radius 3 is 2.87 bits per heavy atom. The summed E-state index contributed by atoms with van der Waals surface area (Å²) in [6, 6.07) is 3.96. The molecule has 4 heteroatoms. The van der Waals surface area contributed by atoms with Crippen LogP contribution in [0.1, 0.15) is 24.1 Å². The minimum absolute atomic E-state index is 0.708. The van der Waals surface area contributed by atoms with Gasteiger partial charge in [0, 0.05) is 11.9 Å². The van der Waals surface area contributed by atoms with E-state index < -0.39 is 0 Å². The van der Waals surface area contributed by atoms with Gasteiger partial charge in [0.15, 0.2) is 4.77 Å². The number of nitrogens with zero attached hydrogens (tertiary/aromatic N) is 1. The first-order chi connectivity index (χ1) is 7.20. The van der Waals surface area contributed by atoms with Gasteiger partial charge < -0.3 is 14.0 Å². The predicted molar refractivity (Wildman–Crippen MR) is 61.5 cm³/mol. The van der Waals surface area contributed by atoms with E-state index in [9.17, 15) is 0 Å². The third-order valence-electron chi connectivity index (χ3n) is 2.43. The maximum absolute atomic E-state index is 5.53. The summed E-state index contributed by atoms with van der Waals surface area (Å²) >= 11 is 5.21. The van der Waals surface area contributed by atoms with Gasteiger partial charge in [-0.3, -0.25) is 0 Å². The van der Waals surface area contributed by atoms with Crippen molar-refractivity contribution in [1.82, 2.24) is 9.55 Å². The summed E-state index contributed by atoms with van der Waals surface area (Å²) in [5, 5.41) is 0. The lowest BCUT2D eigenvalue weighted by Gasteiger charge is -2.03. The highest BCUT2D eigenvalue weighted by molar-refractivity contribution is 7.71. The maximum Gasteiger partial charge on any atom is 0.177 e. The van der Waals surface area contributed by atoms with Crippen molar-refractivity contribution in [3.05, 3.63) is 40.3 Å². The zero-order valence-electron chi connectivity index (χ0n) is 8.91. The van der Waals surface area contributed by atoms with Crippen molar-refractivity contribution in [2.24, 2.45) is 0 Å². The van der Waals surface area contributed by atoms with E-state index in [2.05, 4.69) is 16.5 Å². The van der Waals surface area contributed by atoms with Crippen LogP contribution in [0.2, 0.25) is 0 Å². The van der Waals surface area contributed by atoms with E-state index >= 15 is 0 Å². The number of aromatic nitrogens is 2. The van der Waals surface area contributed by atoms with Crippen molar-refractivity contribution >= 4 is 12.2 Å². The Morgan fingerprint density at radius 1 is 1.47 bits per heavy atom. The van der Waals surface area contributed by atoms with E-state index in [4.69, 9.17) is 16.6 Å². The molecule has 0 amide bonds. The smallest absolute Gasteiger partial charge is 0.177 e. The quantitative estimate of drug-likeness (QED) is 0.810. The van der Waals surface area contributed by atoms with Crippen LogP contribution in [-0.2, 0) is 13.0 Å². The summed E-state index contributed by atoms with van der Waals surface area (Å²) in [6.07, 6.45) is 2.92. The second-order valence-electron chi connectivity index (χ2n) is 3.54. The minimum Gasteiger partial charge on any atom is -0.464 e. The molecule has 0 aliphatic rings. The number of hydrogen-bond acceptors (Lipinski definition) is 2. The van der Waals surface area contributed by atoms with Gasteiger partial charge in [0.05, 0.1) is 6.54 Å². The molecule has 15 heavy (non-hydrogen) atoms. The van der Waals surface area contributed by atoms with Crippen molar-refractivity contribution in [1.29, 1.82) is 0 Å². The highest BCUT2D eigenvalue weighted by Gasteiger charge is 2.05. The highest BCUT2D eigenvalue weighted by Crippen LogP contribution is 2.11. The molecule has 0 fully saturated rings. The van der Waals surface area contributed by atoms with Gasteiger partial charge in [-0.05, 0) is 37.7 Å². The number of aromatic amines is 1. The van der Waals surface area contributed by atoms with Crippen LogP contribution in [0.3, 0.4) is 0 Å². The molecule has 0 aliphatic carbocycles. The molecule has 0 radical (unpaired) electrons. The van der Waals surface area contributed by atoms with Gasteiger partial charge in [-0.15, -0.1) is 0 Å². The third-order valence-corrected chi connectivity index (χ3v) is 2.76. The lowest BCUT2D eigenvalue weighted by atomic mass is 10.3. The number of hydrogen-bond donors (Lipinski definition) is 1. The Hall–Kier alpha value is -1.29. The van der Waals surface area contributed by atoms with Crippen LogP contribution < -0.4 is 0 Å². The van der Waals surface area contributed by atoms with Gasteiger partial charge >= 0.3 is 0 Å². The molecule has 0 unspecified atom stereocenters. The van der Waals surface area contributed by atoms with Crippen molar-refractivity contribution in [2.75, 3.05) is 0 Å². The van der Waals surface area contributed by atoms with E-state index in [1.165, 1.54) is 5.69 Å². The topological polar surface area (TPSA) is 33.9 Å². The van der Waals surface area contributed by atoms with Crippen LogP contribution in [0.5, 0.6) is 0 Å². The Labute approximate surface area is 93.7 Å². The van der Waals surface area contributed by atoms with Crippen LogP contribution in [0.25, 0.3) is 0 Å². The SMILES string of the molecule is CCc1c[nH]c(=S)n1Cc1ccc(C)o1. The van der Waals surface area contributed by atoms with Crippen molar-refractivity contribution in [2.45, 2.75) is 26.8 Å². The fourth-order valence-corrected chi connectivity index (χ4v) is 1.86. The van der Waals surface area contributed by atoms with E-state index in [1.807, 2.05) is 25.3 Å². The summed E-state index contributed by atoms with van der Waals surface area (Å²) in [4.78, 5) is 3.05. The lowest BCUT2D eigenvalue weighted by molar-refractivity contribution is 0.466. The first-order valence-corrected chi connectivity index (χ1v) is 5.44. The number of furan rings is 1. The maximum atomic E-state index is 5.53. The molecule has 0 saturated heterocycles. The average molecular weight is 222 g/mol. The monoisotopic (exact) mass is 222 g/mol. The largest absolute Gasteiger partial charge is 0.464 e. The van der Waals surface area contributed by atoms with E-state index in [0.29, 0.717) is 6.54 Å². The molecule has 2 rings (SSSR count). The minimum atomic E-state index is 0.708. The van der Waals surface area contributed by atoms with Gasteiger partial charge in [-0.1, -0.05) is 6.92 Å². The van der Waals surface area contributed by atoms with Crippen LogP contribution in [-0.4, -0.2) is 9.55 Å². The molecule has 1 N–H and O–H groups in total. The van der Waals surface area contributed by atoms with Gasteiger partial charge in [0.2, 0.25) is 0 Å². The fraction of sp³-hybridized carbons (Fsp3) is 0.364. The zero-order valence-corrected chi connectivity index (χ0v) is 9.73. The van der Waals surface area contributed by atoms with Crippen molar-refractivity contribution in [3.8, 4) is 0 Å². The summed E-state index contributed by atoms with van der Waals surface area (Å²) in [6.45, 7) is 4.77. The van der Waals surface area contributed by atoms with Gasteiger partial charge in [0.1, 0.15) is 11.5 Å². The fourth-order valence-electron chi connectivity index (χ4n) is 1.62. The van der Waals surface area contributed by atoms with Gasteiger partial charge in [-0.2, -0.15) is 0 Å². The molecule has 2 heterocycles. The number of nitrogens with one attached hydrogen (secondary N) is 1. The molecule has 3 nitrogen and oxygen atoms in total. The first-order valence-electron chi connectivity index (χ1n) is 5.03. The molecule has 2 aromatic rings. The van der Waals surface area contributed by atoms with Gasteiger partial charge in [0.25, 0.3) is 0 Å². The van der Waals surface area contributed by atoms with Crippen molar-refractivity contribution < 1.29 is 4.42 Å². The standard InChI is InChI=1S/C11H14N2OS/c1-3-9-6-12-11(15)13(9)7-10-5-4-8(2)14-10/h4-6H,3,7H2,1-2H3,(H,12,15). The summed E-state index contributed by atoms with van der Waals surface area (Å²) in [5.74, 6) is 1.88. The molecule has 0 spiro atoms. The normalized spacial score (nSPS) is 10.8. The second kappa shape index (κ2) is 4.06. The molecule has 0 atom stereocenters. The van der Waals surface area contributed by atoms with E-state index in [0.717, 1.165) is 22.7 Å². The predicted octanol–water partition coefficient (Wildman–Crippen LogP) is 3.06. The summed E-state index contributed by atoms with van der Waals surface area (Å²) in [7, 11) is 0. The molecule has 0 saturated carbocycles. The average Bonchev–Trinajstić information content (AvgIpc) is 2.76. The highest BCUT2D eigenvalue weighted by atomic mass is 32.1. The first kappa shape index (κ1) is 10.2. The molecule has 2 aromatic heterocycles. The Morgan fingerprint density at radius 2 is 2.27 bits per heavy atom. The summed E-state index contributed by atoms with van der Waals surface area (Å²) in [5.41, 5.74) is 1.20. The molecule has 0 aliphatic heterocycles. The van der Waals surface area contributed by atoms with Crippen LogP contribution in [0.15, 0.2) is 22.7 Å². The molecular weight excluding hydrogens is 208 g/mol. The van der Waals surface area contributed by atoms with Crippen LogP contribution >= 0.6 is 12.2 Å². The number of rotatable bonds is 3. The zero-order chi connectivity index (χ0) is 10.8. The number of aryl methyl sites for hydroxylation is 2. The van der Waals surface area contributed by atoms with Crippen LogP contribution in [0.4, 0.5) is 0 Å². The Balaban J connectivity index is 2.31. The second-order valence-corrected chi connectivity index (χ2v) is 3.92. The molecule has 0 bridgehead atoms. The Kier molecular flexibility index (Phi) is 2.77. The Bertz CT molecular complexity index is 507. The van der Waals surface area contributed by atoms with Gasteiger partial charge in [-0.25, -0.2) is 0 Å². The third kappa shape index (κ3) is 2.04. The van der Waals surface area contributed by atoms with Crippen molar-refractivity contribution in [3.63, 3.8) is 0 Å². The number of H-pyrrole nitrogens is 1.